The van der Waals surface area contributed by atoms with E-state index in [0.717, 1.165) is 12.8 Å². The first-order valence-corrected chi connectivity index (χ1v) is 5.41. The third kappa shape index (κ3) is 3.25. The zero-order valence-electron chi connectivity index (χ0n) is 9.69. The fraction of sp³-hybridized carbons (Fsp3) is 0.636. The second-order valence-electron chi connectivity index (χ2n) is 3.47. The Balaban J connectivity index is 2.73. The molecule has 0 spiro atoms. The zero-order valence-corrected chi connectivity index (χ0v) is 9.69. The average Bonchev–Trinajstić information content (AvgIpc) is 2.29. The minimum Gasteiger partial charge on any atom is -0.463 e. The Labute approximate surface area is 95.0 Å². The van der Waals surface area contributed by atoms with E-state index in [-0.39, 0.29) is 0 Å². The van der Waals surface area contributed by atoms with Crippen molar-refractivity contribution in [3.8, 4) is 0 Å². The molecule has 0 aromatic rings. The number of rotatable bonds is 2. The molecule has 1 amide bonds. The van der Waals surface area contributed by atoms with E-state index in [0.29, 0.717) is 25.3 Å². The van der Waals surface area contributed by atoms with E-state index in [2.05, 4.69) is 4.74 Å². The summed E-state index contributed by atoms with van der Waals surface area (Å²) >= 11 is 0. The van der Waals surface area contributed by atoms with Crippen LogP contribution in [-0.2, 0) is 14.3 Å². The zero-order chi connectivity index (χ0) is 12.0. The third-order valence-electron chi connectivity index (χ3n) is 2.38. The predicted octanol–water partition coefficient (Wildman–Crippen LogP) is 1.69. The summed E-state index contributed by atoms with van der Waals surface area (Å²) in [6.07, 6.45) is 3.55. The van der Waals surface area contributed by atoms with Crippen LogP contribution in [0.5, 0.6) is 0 Å². The molecule has 1 aliphatic heterocycles. The second kappa shape index (κ2) is 6.15. The number of allylic oxidation sites excluding steroid dienone is 1. The summed E-state index contributed by atoms with van der Waals surface area (Å²) in [5.74, 6) is -0.409. The summed E-state index contributed by atoms with van der Waals surface area (Å²) in [7, 11) is 1.33. The van der Waals surface area contributed by atoms with Gasteiger partial charge in [-0.15, -0.1) is 0 Å². The summed E-state index contributed by atoms with van der Waals surface area (Å²) in [5, 5.41) is 0. The van der Waals surface area contributed by atoms with Gasteiger partial charge in [-0.05, 0) is 26.2 Å². The van der Waals surface area contributed by atoms with Crippen LogP contribution in [0.3, 0.4) is 0 Å². The molecule has 1 heterocycles. The number of likely N-dealkylation sites (tertiary alicyclic amines) is 1. The van der Waals surface area contributed by atoms with E-state index in [1.807, 2.05) is 0 Å². The number of ether oxygens (including phenoxy) is 2. The van der Waals surface area contributed by atoms with Crippen molar-refractivity contribution in [2.75, 3.05) is 20.3 Å². The monoisotopic (exact) mass is 227 g/mol. The Bertz CT molecular complexity index is 298. The highest BCUT2D eigenvalue weighted by Gasteiger charge is 2.22. The van der Waals surface area contributed by atoms with Gasteiger partial charge in [0.25, 0.3) is 0 Å². The van der Waals surface area contributed by atoms with Crippen molar-refractivity contribution in [1.82, 2.24) is 4.90 Å². The molecule has 1 fully saturated rings. The van der Waals surface area contributed by atoms with Gasteiger partial charge >= 0.3 is 12.1 Å². The smallest absolute Gasteiger partial charge is 0.413 e. The Kier molecular flexibility index (Phi) is 4.82. The topological polar surface area (TPSA) is 55.8 Å². The second-order valence-corrected chi connectivity index (χ2v) is 3.47. The van der Waals surface area contributed by atoms with E-state index in [1.165, 1.54) is 18.1 Å². The maximum atomic E-state index is 11.4. The van der Waals surface area contributed by atoms with Crippen molar-refractivity contribution in [2.45, 2.75) is 26.2 Å². The van der Waals surface area contributed by atoms with Gasteiger partial charge in [0.1, 0.15) is 0 Å². The molecule has 0 atom stereocenters. The highest BCUT2D eigenvalue weighted by atomic mass is 16.5. The summed E-state index contributed by atoms with van der Waals surface area (Å²) in [6, 6.07) is 0. The molecule has 5 heteroatoms. The Morgan fingerprint density at radius 3 is 2.81 bits per heavy atom. The van der Waals surface area contributed by atoms with Crippen molar-refractivity contribution < 1.29 is 19.1 Å². The number of esters is 1. The van der Waals surface area contributed by atoms with Crippen LogP contribution in [0.2, 0.25) is 0 Å². The van der Waals surface area contributed by atoms with E-state index in [1.54, 1.807) is 6.92 Å². The number of hydrogen-bond donors (Lipinski definition) is 0. The Hall–Kier alpha value is -1.52. The third-order valence-corrected chi connectivity index (χ3v) is 2.38. The summed E-state index contributed by atoms with van der Waals surface area (Å²) in [4.78, 5) is 24.2. The SMILES string of the molecule is CCOC(=O)C=C1CCCCN1C(=O)OC. The van der Waals surface area contributed by atoms with Crippen LogP contribution in [-0.4, -0.2) is 37.2 Å². The van der Waals surface area contributed by atoms with Crippen molar-refractivity contribution >= 4 is 12.1 Å². The molecule has 0 radical (unpaired) electrons. The first-order valence-electron chi connectivity index (χ1n) is 5.41. The van der Waals surface area contributed by atoms with E-state index >= 15 is 0 Å². The largest absolute Gasteiger partial charge is 0.463 e. The lowest BCUT2D eigenvalue weighted by Crippen LogP contribution is -2.34. The van der Waals surface area contributed by atoms with Gasteiger partial charge in [0, 0.05) is 18.3 Å². The van der Waals surface area contributed by atoms with Crippen LogP contribution in [0, 0.1) is 0 Å². The van der Waals surface area contributed by atoms with Crippen molar-refractivity contribution in [3.05, 3.63) is 11.8 Å². The summed E-state index contributed by atoms with van der Waals surface area (Å²) < 4.78 is 9.47. The Morgan fingerprint density at radius 2 is 2.19 bits per heavy atom. The fourth-order valence-electron chi connectivity index (χ4n) is 1.64. The number of methoxy groups -OCH3 is 1. The van der Waals surface area contributed by atoms with Crippen molar-refractivity contribution in [2.24, 2.45) is 0 Å². The predicted molar refractivity (Wildman–Crippen MR) is 57.7 cm³/mol. The van der Waals surface area contributed by atoms with E-state index in [9.17, 15) is 9.59 Å². The van der Waals surface area contributed by atoms with Gasteiger partial charge in [-0.25, -0.2) is 9.59 Å². The van der Waals surface area contributed by atoms with Gasteiger partial charge in [0.15, 0.2) is 0 Å². The average molecular weight is 227 g/mol. The quantitative estimate of drug-likeness (QED) is 0.532. The maximum absolute atomic E-state index is 11.4. The van der Waals surface area contributed by atoms with Crippen LogP contribution in [0.4, 0.5) is 4.79 Å². The molecule has 0 aromatic heterocycles. The van der Waals surface area contributed by atoms with Crippen molar-refractivity contribution in [3.63, 3.8) is 0 Å². The fourth-order valence-corrected chi connectivity index (χ4v) is 1.64. The minimum absolute atomic E-state index is 0.334. The normalized spacial score (nSPS) is 18.4. The van der Waals surface area contributed by atoms with Gasteiger partial charge in [0.2, 0.25) is 0 Å². The van der Waals surface area contributed by atoms with Gasteiger partial charge in [-0.1, -0.05) is 0 Å². The lowest BCUT2D eigenvalue weighted by atomic mass is 10.1. The molecule has 90 valence electrons. The highest BCUT2D eigenvalue weighted by molar-refractivity contribution is 5.84. The van der Waals surface area contributed by atoms with E-state index < -0.39 is 12.1 Å². The van der Waals surface area contributed by atoms with Crippen LogP contribution in [0.15, 0.2) is 11.8 Å². The molecular formula is C11H17NO4. The van der Waals surface area contributed by atoms with Crippen LogP contribution in [0.1, 0.15) is 26.2 Å². The molecular weight excluding hydrogens is 210 g/mol. The lowest BCUT2D eigenvalue weighted by molar-refractivity contribution is -0.137. The number of piperidine rings is 1. The molecule has 0 aliphatic carbocycles. The standard InChI is InChI=1S/C11H17NO4/c1-3-16-10(13)8-9-6-4-5-7-12(9)11(14)15-2/h8H,3-7H2,1-2H3. The molecule has 1 rings (SSSR count). The first kappa shape index (κ1) is 12.5. The van der Waals surface area contributed by atoms with Gasteiger partial charge in [-0.2, -0.15) is 0 Å². The molecule has 0 aromatic carbocycles. The highest BCUT2D eigenvalue weighted by Crippen LogP contribution is 2.21. The van der Waals surface area contributed by atoms with Gasteiger partial charge < -0.3 is 9.47 Å². The molecule has 16 heavy (non-hydrogen) atoms. The van der Waals surface area contributed by atoms with Gasteiger partial charge in [-0.3, -0.25) is 4.90 Å². The molecule has 5 nitrogen and oxygen atoms in total. The molecule has 0 N–H and O–H groups in total. The molecule has 1 saturated heterocycles. The minimum atomic E-state index is -0.421. The molecule has 0 unspecified atom stereocenters. The van der Waals surface area contributed by atoms with Crippen molar-refractivity contribution in [1.29, 1.82) is 0 Å². The number of nitrogens with zero attached hydrogens (tertiary/aromatic N) is 1. The summed E-state index contributed by atoms with van der Waals surface area (Å²) in [5.41, 5.74) is 0.677. The van der Waals surface area contributed by atoms with E-state index in [4.69, 9.17) is 4.74 Å². The summed E-state index contributed by atoms with van der Waals surface area (Å²) in [6.45, 7) is 2.67. The molecule has 0 saturated carbocycles. The Morgan fingerprint density at radius 1 is 1.44 bits per heavy atom. The number of amides is 1. The number of carbonyl (C=O) groups is 2. The molecule has 1 aliphatic rings. The first-order chi connectivity index (χ1) is 7.69. The van der Waals surface area contributed by atoms with Gasteiger partial charge in [0.05, 0.1) is 13.7 Å². The number of carbonyl (C=O) groups excluding carboxylic acids is 2. The lowest BCUT2D eigenvalue weighted by Gasteiger charge is -2.28. The maximum Gasteiger partial charge on any atom is 0.413 e. The van der Waals surface area contributed by atoms with Crippen LogP contribution < -0.4 is 0 Å². The van der Waals surface area contributed by atoms with Crippen LogP contribution >= 0.6 is 0 Å². The number of hydrogen-bond acceptors (Lipinski definition) is 4. The van der Waals surface area contributed by atoms with Crippen LogP contribution in [0.25, 0.3) is 0 Å². The molecule has 0 bridgehead atoms.